The Kier molecular flexibility index (Phi) is 2.50. The van der Waals surface area contributed by atoms with Gasteiger partial charge in [0.1, 0.15) is 0 Å². The smallest absolute Gasteiger partial charge is 0.309 e. The van der Waals surface area contributed by atoms with Crippen LogP contribution in [0, 0.1) is 23.2 Å². The second-order valence-electron chi connectivity index (χ2n) is 5.60. The zero-order valence-electron chi connectivity index (χ0n) is 8.79. The molecule has 16 heavy (non-hydrogen) atoms. The summed E-state index contributed by atoms with van der Waals surface area (Å²) >= 11 is 0. The average Bonchev–Trinajstić information content (AvgIpc) is 2.13. The molecule has 0 radical (unpaired) electrons. The van der Waals surface area contributed by atoms with Crippen LogP contribution in [0.25, 0.3) is 0 Å². The van der Waals surface area contributed by atoms with Crippen LogP contribution in [0.1, 0.15) is 32.1 Å². The van der Waals surface area contributed by atoms with Crippen molar-refractivity contribution >= 4 is 18.4 Å². The summed E-state index contributed by atoms with van der Waals surface area (Å²) < 4.78 is 27.5. The standard InChI is InChI=1S/C11H14F2O2.ClH/c12-11(13)7-1-6-2-8(11)5-10(3-6,4-7)9(14)15;/h6-8H,1-5H2,(H,14,15);1H. The molecule has 2 unspecified atom stereocenters. The number of aliphatic carboxylic acids is 1. The zero-order valence-corrected chi connectivity index (χ0v) is 9.60. The first-order chi connectivity index (χ1) is 6.94. The number of alkyl halides is 2. The molecule has 0 heterocycles. The Morgan fingerprint density at radius 3 is 2.06 bits per heavy atom. The molecule has 92 valence electrons. The molecule has 0 saturated heterocycles. The molecule has 0 amide bonds. The lowest BCUT2D eigenvalue weighted by atomic mass is 9.48. The molecular formula is C11H15ClF2O2. The quantitative estimate of drug-likeness (QED) is 0.779. The lowest BCUT2D eigenvalue weighted by Crippen LogP contribution is -2.59. The van der Waals surface area contributed by atoms with Crippen molar-refractivity contribution in [1.29, 1.82) is 0 Å². The molecule has 5 heteroatoms. The summed E-state index contributed by atoms with van der Waals surface area (Å²) in [7, 11) is 0. The molecule has 4 aliphatic rings. The number of hydrogen-bond donors (Lipinski definition) is 1. The van der Waals surface area contributed by atoms with E-state index in [1.807, 2.05) is 0 Å². The van der Waals surface area contributed by atoms with E-state index in [4.69, 9.17) is 0 Å². The van der Waals surface area contributed by atoms with E-state index >= 15 is 0 Å². The van der Waals surface area contributed by atoms with Gasteiger partial charge in [-0.2, -0.15) is 0 Å². The molecule has 0 aromatic heterocycles. The van der Waals surface area contributed by atoms with Gasteiger partial charge in [0.05, 0.1) is 5.41 Å². The monoisotopic (exact) mass is 252 g/mol. The van der Waals surface area contributed by atoms with Crippen molar-refractivity contribution in [2.45, 2.75) is 38.0 Å². The number of hydrogen-bond acceptors (Lipinski definition) is 1. The predicted octanol–water partition coefficient (Wildman–Crippen LogP) is 2.95. The third-order valence-electron chi connectivity index (χ3n) is 4.73. The molecule has 2 nitrogen and oxygen atoms in total. The van der Waals surface area contributed by atoms with Crippen LogP contribution in [-0.4, -0.2) is 17.0 Å². The molecule has 1 N–H and O–H groups in total. The minimum absolute atomic E-state index is 0. The Morgan fingerprint density at radius 1 is 1.12 bits per heavy atom. The minimum atomic E-state index is -2.60. The molecule has 2 atom stereocenters. The third kappa shape index (κ3) is 1.31. The van der Waals surface area contributed by atoms with E-state index < -0.39 is 29.1 Å². The maximum Gasteiger partial charge on any atom is 0.309 e. The molecule has 4 bridgehead atoms. The van der Waals surface area contributed by atoms with Gasteiger partial charge in [-0.25, -0.2) is 8.78 Å². The third-order valence-corrected chi connectivity index (χ3v) is 4.73. The first kappa shape index (κ1) is 12.1. The van der Waals surface area contributed by atoms with E-state index in [0.29, 0.717) is 19.3 Å². The van der Waals surface area contributed by atoms with E-state index in [-0.39, 0.29) is 31.2 Å². The fourth-order valence-electron chi connectivity index (χ4n) is 4.16. The Morgan fingerprint density at radius 2 is 1.62 bits per heavy atom. The Labute approximate surface area is 98.8 Å². The van der Waals surface area contributed by atoms with Crippen LogP contribution < -0.4 is 0 Å². The number of carboxylic acid groups (broad SMARTS) is 1. The lowest BCUT2D eigenvalue weighted by molar-refractivity contribution is -0.230. The van der Waals surface area contributed by atoms with Gasteiger partial charge in [0.15, 0.2) is 0 Å². The van der Waals surface area contributed by atoms with Gasteiger partial charge in [-0.1, -0.05) is 0 Å². The summed E-state index contributed by atoms with van der Waals surface area (Å²) in [5.41, 5.74) is -0.807. The molecule has 4 aliphatic carbocycles. The molecule has 4 rings (SSSR count). The van der Waals surface area contributed by atoms with Crippen molar-refractivity contribution in [3.8, 4) is 0 Å². The first-order valence-corrected chi connectivity index (χ1v) is 5.55. The largest absolute Gasteiger partial charge is 0.481 e. The van der Waals surface area contributed by atoms with Gasteiger partial charge in [-0.3, -0.25) is 4.79 Å². The SMILES string of the molecule is Cl.O=C(O)C12CC3CC(C1)C(F)(F)C(C3)C2. The Balaban J connectivity index is 0.000000963. The van der Waals surface area contributed by atoms with Crippen LogP contribution in [0.4, 0.5) is 8.78 Å². The highest BCUT2D eigenvalue weighted by Gasteiger charge is 2.66. The van der Waals surface area contributed by atoms with Gasteiger partial charge in [-0.15, -0.1) is 12.4 Å². The normalized spacial score (nSPS) is 47.5. The predicted molar refractivity (Wildman–Crippen MR) is 55.8 cm³/mol. The number of carbonyl (C=O) groups is 1. The summed E-state index contributed by atoms with van der Waals surface area (Å²) in [4.78, 5) is 11.2. The zero-order chi connectivity index (χ0) is 10.8. The molecule has 0 aromatic carbocycles. The number of halogens is 3. The van der Waals surface area contributed by atoms with Crippen LogP contribution >= 0.6 is 12.4 Å². The van der Waals surface area contributed by atoms with Crippen LogP contribution in [-0.2, 0) is 4.79 Å². The minimum Gasteiger partial charge on any atom is -0.481 e. The molecule has 4 saturated carbocycles. The van der Waals surface area contributed by atoms with Crippen molar-refractivity contribution in [3.05, 3.63) is 0 Å². The number of carboxylic acids is 1. The highest BCUT2D eigenvalue weighted by Crippen LogP contribution is 2.65. The maximum atomic E-state index is 13.7. The van der Waals surface area contributed by atoms with Crippen LogP contribution in [0.2, 0.25) is 0 Å². The van der Waals surface area contributed by atoms with E-state index in [0.717, 1.165) is 0 Å². The second kappa shape index (κ2) is 3.31. The topological polar surface area (TPSA) is 37.3 Å². The maximum absolute atomic E-state index is 13.7. The summed E-state index contributed by atoms with van der Waals surface area (Å²) in [6.07, 6.45) is 2.10. The second-order valence-corrected chi connectivity index (χ2v) is 5.60. The number of rotatable bonds is 1. The Bertz CT molecular complexity index is 314. The van der Waals surface area contributed by atoms with Crippen molar-refractivity contribution < 1.29 is 18.7 Å². The molecule has 0 spiro atoms. The van der Waals surface area contributed by atoms with E-state index in [2.05, 4.69) is 0 Å². The van der Waals surface area contributed by atoms with Crippen molar-refractivity contribution in [1.82, 2.24) is 0 Å². The fourth-order valence-corrected chi connectivity index (χ4v) is 4.16. The van der Waals surface area contributed by atoms with Gasteiger partial charge >= 0.3 is 5.97 Å². The highest BCUT2D eigenvalue weighted by molar-refractivity contribution is 5.85. The molecular weight excluding hydrogens is 238 g/mol. The van der Waals surface area contributed by atoms with Gasteiger partial charge in [-0.05, 0) is 38.0 Å². The van der Waals surface area contributed by atoms with Gasteiger partial charge in [0, 0.05) is 11.8 Å². The van der Waals surface area contributed by atoms with Gasteiger partial charge in [0.25, 0.3) is 5.92 Å². The Hall–Kier alpha value is -0.380. The van der Waals surface area contributed by atoms with Crippen LogP contribution in [0.5, 0.6) is 0 Å². The lowest BCUT2D eigenvalue weighted by Gasteiger charge is -2.57. The molecule has 4 fully saturated rings. The molecule has 0 aromatic rings. The van der Waals surface area contributed by atoms with Crippen LogP contribution in [0.3, 0.4) is 0 Å². The van der Waals surface area contributed by atoms with E-state index in [1.54, 1.807) is 0 Å². The first-order valence-electron chi connectivity index (χ1n) is 5.55. The summed E-state index contributed by atoms with van der Waals surface area (Å²) in [6, 6.07) is 0. The van der Waals surface area contributed by atoms with Gasteiger partial charge < -0.3 is 5.11 Å². The summed E-state index contributed by atoms with van der Waals surface area (Å²) in [5, 5.41) is 9.20. The average molecular weight is 253 g/mol. The van der Waals surface area contributed by atoms with Crippen molar-refractivity contribution in [3.63, 3.8) is 0 Å². The van der Waals surface area contributed by atoms with Gasteiger partial charge in [0.2, 0.25) is 0 Å². The van der Waals surface area contributed by atoms with Crippen LogP contribution in [0.15, 0.2) is 0 Å². The highest BCUT2D eigenvalue weighted by atomic mass is 35.5. The summed E-state index contributed by atoms with van der Waals surface area (Å²) in [5.74, 6) is -4.55. The van der Waals surface area contributed by atoms with E-state index in [9.17, 15) is 18.7 Å². The fraction of sp³-hybridized carbons (Fsp3) is 0.909. The van der Waals surface area contributed by atoms with Crippen molar-refractivity contribution in [2.24, 2.45) is 23.2 Å². The molecule has 0 aliphatic heterocycles. The summed E-state index contributed by atoms with van der Waals surface area (Å²) in [6.45, 7) is 0. The van der Waals surface area contributed by atoms with E-state index in [1.165, 1.54) is 0 Å². The van der Waals surface area contributed by atoms with Crippen molar-refractivity contribution in [2.75, 3.05) is 0 Å².